The van der Waals surface area contributed by atoms with Crippen molar-refractivity contribution in [2.24, 2.45) is 0 Å². The van der Waals surface area contributed by atoms with E-state index in [4.69, 9.17) is 14.5 Å². The van der Waals surface area contributed by atoms with Crippen molar-refractivity contribution in [1.82, 2.24) is 20.3 Å². The van der Waals surface area contributed by atoms with Crippen LogP contribution in [0.1, 0.15) is 27.2 Å². The van der Waals surface area contributed by atoms with Gasteiger partial charge >= 0.3 is 0 Å². The van der Waals surface area contributed by atoms with E-state index in [1.165, 1.54) is 0 Å². The number of rotatable bonds is 9. The van der Waals surface area contributed by atoms with Gasteiger partial charge in [0.25, 0.3) is 5.91 Å². The van der Waals surface area contributed by atoms with E-state index >= 15 is 0 Å². The maximum Gasteiger partial charge on any atom is 0.251 e. The Bertz CT molecular complexity index is 1040. The third kappa shape index (κ3) is 6.74. The molecule has 9 heteroatoms. The molecule has 2 aromatic heterocycles. The number of aromatic nitrogens is 3. The molecule has 3 heterocycles. The fourth-order valence-electron chi connectivity index (χ4n) is 3.39. The minimum absolute atomic E-state index is 0.100. The zero-order valence-corrected chi connectivity index (χ0v) is 19.4. The van der Waals surface area contributed by atoms with Crippen LogP contribution < -0.4 is 10.2 Å². The molecule has 0 saturated carbocycles. The van der Waals surface area contributed by atoms with Gasteiger partial charge in [0.2, 0.25) is 0 Å². The second-order valence-electron chi connectivity index (χ2n) is 7.56. The van der Waals surface area contributed by atoms with Crippen LogP contribution in [0.3, 0.4) is 0 Å². The molecule has 3 aromatic rings. The molecule has 0 aliphatic carbocycles. The van der Waals surface area contributed by atoms with Gasteiger partial charge in [0.15, 0.2) is 5.16 Å². The van der Waals surface area contributed by atoms with Gasteiger partial charge in [-0.1, -0.05) is 23.9 Å². The standard InChI is InChI=1S/C24H27N5O3S/c1-31-16-21-14-22(29-10-12-32-13-11-29)28-24(27-21)33-17-19-2-4-20(5-3-19)23(30)26-15-18-6-8-25-9-7-18/h2-9,14H,10-13,15-17H2,1H3,(H,26,30). The summed E-state index contributed by atoms with van der Waals surface area (Å²) in [5, 5.41) is 3.64. The second kappa shape index (κ2) is 11.7. The predicted molar refractivity (Wildman–Crippen MR) is 127 cm³/mol. The maximum absolute atomic E-state index is 12.4. The SMILES string of the molecule is COCc1cc(N2CCOCC2)nc(SCc2ccc(C(=O)NCc3ccncc3)cc2)n1. The van der Waals surface area contributed by atoms with Gasteiger partial charge in [-0.25, -0.2) is 9.97 Å². The van der Waals surface area contributed by atoms with Crippen LogP contribution in [0.5, 0.6) is 0 Å². The van der Waals surface area contributed by atoms with Crippen LogP contribution in [-0.4, -0.2) is 54.3 Å². The summed E-state index contributed by atoms with van der Waals surface area (Å²) in [6.07, 6.45) is 3.43. The van der Waals surface area contributed by atoms with Crippen molar-refractivity contribution >= 4 is 23.5 Å². The average Bonchev–Trinajstić information content (AvgIpc) is 2.87. The topological polar surface area (TPSA) is 89.5 Å². The minimum Gasteiger partial charge on any atom is -0.378 e. The lowest BCUT2D eigenvalue weighted by Gasteiger charge is -2.28. The van der Waals surface area contributed by atoms with Crippen LogP contribution in [0.25, 0.3) is 0 Å². The Kier molecular flexibility index (Phi) is 8.24. The Morgan fingerprint density at radius 2 is 1.85 bits per heavy atom. The van der Waals surface area contributed by atoms with Crippen LogP contribution in [0.15, 0.2) is 60.0 Å². The summed E-state index contributed by atoms with van der Waals surface area (Å²) in [6.45, 7) is 3.95. The van der Waals surface area contributed by atoms with Crippen LogP contribution in [0, 0.1) is 0 Å². The molecule has 1 N–H and O–H groups in total. The fourth-order valence-corrected chi connectivity index (χ4v) is 4.21. The van der Waals surface area contributed by atoms with Crippen molar-refractivity contribution in [3.63, 3.8) is 0 Å². The summed E-state index contributed by atoms with van der Waals surface area (Å²) in [5.41, 5.74) is 3.60. The molecule has 172 valence electrons. The lowest BCUT2D eigenvalue weighted by Crippen LogP contribution is -2.37. The molecule has 1 fully saturated rings. The molecule has 1 aromatic carbocycles. The first-order valence-electron chi connectivity index (χ1n) is 10.8. The van der Waals surface area contributed by atoms with Gasteiger partial charge in [0.1, 0.15) is 5.82 Å². The van der Waals surface area contributed by atoms with Crippen molar-refractivity contribution < 1.29 is 14.3 Å². The highest BCUT2D eigenvalue weighted by atomic mass is 32.2. The summed E-state index contributed by atoms with van der Waals surface area (Å²) in [4.78, 5) is 28.0. The van der Waals surface area contributed by atoms with Gasteiger partial charge in [0, 0.05) is 56.5 Å². The van der Waals surface area contributed by atoms with E-state index in [2.05, 4.69) is 20.2 Å². The van der Waals surface area contributed by atoms with Crippen LogP contribution >= 0.6 is 11.8 Å². The first-order chi connectivity index (χ1) is 16.2. The normalized spacial score (nSPS) is 13.7. The van der Waals surface area contributed by atoms with Gasteiger partial charge < -0.3 is 19.7 Å². The van der Waals surface area contributed by atoms with Crippen molar-refractivity contribution in [3.05, 3.63) is 77.2 Å². The number of carbonyl (C=O) groups excluding carboxylic acids is 1. The highest BCUT2D eigenvalue weighted by Crippen LogP contribution is 2.24. The maximum atomic E-state index is 12.4. The van der Waals surface area contributed by atoms with E-state index in [9.17, 15) is 4.79 Å². The third-order valence-corrected chi connectivity index (χ3v) is 6.08. The lowest BCUT2D eigenvalue weighted by atomic mass is 10.1. The second-order valence-corrected chi connectivity index (χ2v) is 8.50. The number of ether oxygens (including phenoxy) is 2. The Morgan fingerprint density at radius 3 is 2.58 bits per heavy atom. The first kappa shape index (κ1) is 23.2. The molecule has 33 heavy (non-hydrogen) atoms. The number of methoxy groups -OCH3 is 1. The summed E-state index contributed by atoms with van der Waals surface area (Å²) in [5.74, 6) is 1.51. The number of anilines is 1. The van der Waals surface area contributed by atoms with Crippen molar-refractivity contribution in [2.45, 2.75) is 24.1 Å². The fraction of sp³-hybridized carbons (Fsp3) is 0.333. The Morgan fingerprint density at radius 1 is 1.09 bits per heavy atom. The molecule has 1 aliphatic heterocycles. The molecule has 4 rings (SSSR count). The lowest BCUT2D eigenvalue weighted by molar-refractivity contribution is 0.0951. The molecule has 1 saturated heterocycles. The Hall–Kier alpha value is -3.01. The van der Waals surface area contributed by atoms with Crippen LogP contribution in [0.4, 0.5) is 5.82 Å². The highest BCUT2D eigenvalue weighted by molar-refractivity contribution is 7.98. The minimum atomic E-state index is -0.100. The van der Waals surface area contributed by atoms with E-state index < -0.39 is 0 Å². The average molecular weight is 466 g/mol. The summed E-state index contributed by atoms with van der Waals surface area (Å²) in [7, 11) is 1.66. The van der Waals surface area contributed by atoms with Gasteiger partial charge in [-0.3, -0.25) is 9.78 Å². The number of carbonyl (C=O) groups is 1. The number of morpholine rings is 1. The number of nitrogens with zero attached hydrogens (tertiary/aromatic N) is 4. The molecular weight excluding hydrogens is 438 g/mol. The van der Waals surface area contributed by atoms with E-state index in [0.717, 1.165) is 35.7 Å². The van der Waals surface area contributed by atoms with Gasteiger partial charge in [0.05, 0.1) is 25.5 Å². The molecule has 1 amide bonds. The molecule has 0 unspecified atom stereocenters. The molecule has 0 spiro atoms. The highest BCUT2D eigenvalue weighted by Gasteiger charge is 2.15. The van der Waals surface area contributed by atoms with Crippen molar-refractivity contribution in [3.8, 4) is 0 Å². The zero-order chi connectivity index (χ0) is 22.9. The smallest absolute Gasteiger partial charge is 0.251 e. The monoisotopic (exact) mass is 465 g/mol. The van der Waals surface area contributed by atoms with E-state index in [1.54, 1.807) is 31.3 Å². The zero-order valence-electron chi connectivity index (χ0n) is 18.6. The van der Waals surface area contributed by atoms with Crippen LogP contribution in [-0.2, 0) is 28.4 Å². The first-order valence-corrected chi connectivity index (χ1v) is 11.8. The largest absolute Gasteiger partial charge is 0.378 e. The van der Waals surface area contributed by atoms with E-state index in [0.29, 0.717) is 42.8 Å². The number of amides is 1. The Labute approximate surface area is 197 Å². The summed E-state index contributed by atoms with van der Waals surface area (Å²) >= 11 is 1.57. The molecule has 0 atom stereocenters. The molecule has 0 radical (unpaired) electrons. The summed E-state index contributed by atoms with van der Waals surface area (Å²) < 4.78 is 10.7. The predicted octanol–water partition coefficient (Wildman–Crippen LogP) is 3.08. The van der Waals surface area contributed by atoms with Gasteiger partial charge in [-0.05, 0) is 35.4 Å². The van der Waals surface area contributed by atoms with Gasteiger partial charge in [-0.2, -0.15) is 0 Å². The number of hydrogen-bond donors (Lipinski definition) is 1. The number of nitrogens with one attached hydrogen (secondary N) is 1. The van der Waals surface area contributed by atoms with Crippen molar-refractivity contribution in [1.29, 1.82) is 0 Å². The molecule has 0 bridgehead atoms. The molecular formula is C24H27N5O3S. The number of hydrogen-bond acceptors (Lipinski definition) is 8. The summed E-state index contributed by atoms with van der Waals surface area (Å²) in [6, 6.07) is 13.4. The van der Waals surface area contributed by atoms with E-state index in [1.807, 2.05) is 42.5 Å². The Balaban J connectivity index is 1.36. The molecule has 8 nitrogen and oxygen atoms in total. The number of benzene rings is 1. The third-order valence-electron chi connectivity index (χ3n) is 5.16. The van der Waals surface area contributed by atoms with Crippen molar-refractivity contribution in [2.75, 3.05) is 38.3 Å². The molecule has 1 aliphatic rings. The number of thioether (sulfide) groups is 1. The van der Waals surface area contributed by atoms with Crippen LogP contribution in [0.2, 0.25) is 0 Å². The van der Waals surface area contributed by atoms with Gasteiger partial charge in [-0.15, -0.1) is 0 Å². The number of pyridine rings is 1. The van der Waals surface area contributed by atoms with E-state index in [-0.39, 0.29) is 5.91 Å². The quantitative estimate of drug-likeness (QED) is 0.381.